The molecule has 1 unspecified atom stereocenters. The van der Waals surface area contributed by atoms with Gasteiger partial charge in [-0.1, -0.05) is 0 Å². The zero-order chi connectivity index (χ0) is 16.4. The molecule has 1 atom stereocenters. The molecule has 0 aliphatic carbocycles. The van der Waals surface area contributed by atoms with E-state index in [0.29, 0.717) is 18.5 Å². The van der Waals surface area contributed by atoms with Crippen LogP contribution in [0.25, 0.3) is 0 Å². The number of likely N-dealkylation sites (tertiary alicyclic amines) is 1. The van der Waals surface area contributed by atoms with E-state index in [1.165, 1.54) is 6.42 Å². The number of nitrogens with zero attached hydrogens (tertiary/aromatic N) is 3. The molecular formula is C17H23N3O3. The average Bonchev–Trinajstić information content (AvgIpc) is 2.99. The fourth-order valence-corrected chi connectivity index (χ4v) is 3.40. The quantitative estimate of drug-likeness (QED) is 0.923. The normalized spacial score (nSPS) is 24.7. The summed E-state index contributed by atoms with van der Waals surface area (Å²) in [5.74, 6) is -0.208. The Kier molecular flexibility index (Phi) is 4.24. The van der Waals surface area contributed by atoms with Crippen molar-refractivity contribution in [2.45, 2.75) is 32.6 Å². The van der Waals surface area contributed by atoms with Crippen LogP contribution in [0.2, 0.25) is 0 Å². The third-order valence-electron chi connectivity index (χ3n) is 4.95. The molecular weight excluding hydrogens is 294 g/mol. The minimum absolute atomic E-state index is 0.108. The maximum atomic E-state index is 12.9. The van der Waals surface area contributed by atoms with Crippen molar-refractivity contribution in [3.63, 3.8) is 0 Å². The summed E-state index contributed by atoms with van der Waals surface area (Å²) in [6.45, 7) is 4.29. The van der Waals surface area contributed by atoms with Gasteiger partial charge in [0.25, 0.3) is 5.91 Å². The highest BCUT2D eigenvalue weighted by Crippen LogP contribution is 2.32. The number of carbonyl (C=O) groups excluding carboxylic acids is 1. The number of hydrogen-bond donors (Lipinski definition) is 1. The minimum Gasteiger partial charge on any atom is -0.481 e. The summed E-state index contributed by atoms with van der Waals surface area (Å²) in [7, 11) is 0. The number of aromatic nitrogens is 1. The lowest BCUT2D eigenvalue weighted by molar-refractivity contribution is -0.147. The number of carboxylic acid groups (broad SMARTS) is 1. The van der Waals surface area contributed by atoms with Crippen molar-refractivity contribution < 1.29 is 14.7 Å². The largest absolute Gasteiger partial charge is 0.481 e. The predicted molar refractivity (Wildman–Crippen MR) is 86.6 cm³/mol. The lowest BCUT2D eigenvalue weighted by Crippen LogP contribution is -2.37. The van der Waals surface area contributed by atoms with Gasteiger partial charge in [-0.2, -0.15) is 0 Å². The van der Waals surface area contributed by atoms with Gasteiger partial charge in [-0.05, 0) is 44.7 Å². The smallest absolute Gasteiger partial charge is 0.311 e. The summed E-state index contributed by atoms with van der Waals surface area (Å²) >= 11 is 0. The van der Waals surface area contributed by atoms with E-state index in [0.717, 1.165) is 31.7 Å². The van der Waals surface area contributed by atoms with Crippen molar-refractivity contribution in [3.8, 4) is 0 Å². The van der Waals surface area contributed by atoms with Crippen LogP contribution < -0.4 is 4.90 Å². The lowest BCUT2D eigenvalue weighted by atomic mass is 9.90. The zero-order valence-corrected chi connectivity index (χ0v) is 13.5. The first-order valence-corrected chi connectivity index (χ1v) is 8.24. The average molecular weight is 317 g/mol. The molecule has 0 spiro atoms. The summed E-state index contributed by atoms with van der Waals surface area (Å²) in [5, 5.41) is 9.34. The Morgan fingerprint density at radius 2 is 1.96 bits per heavy atom. The van der Waals surface area contributed by atoms with Crippen LogP contribution in [0.1, 0.15) is 43.0 Å². The van der Waals surface area contributed by atoms with Gasteiger partial charge in [0.05, 0.1) is 11.0 Å². The summed E-state index contributed by atoms with van der Waals surface area (Å²) in [4.78, 5) is 32.5. The van der Waals surface area contributed by atoms with Crippen molar-refractivity contribution in [2.24, 2.45) is 5.41 Å². The number of carboxylic acids is 1. The Hall–Kier alpha value is -2.11. The maximum absolute atomic E-state index is 12.9. The lowest BCUT2D eigenvalue weighted by Gasteiger charge is -2.30. The molecule has 1 aromatic rings. The molecule has 1 N–H and O–H groups in total. The number of pyridine rings is 1. The molecule has 124 valence electrons. The molecule has 2 aliphatic heterocycles. The maximum Gasteiger partial charge on any atom is 0.311 e. The van der Waals surface area contributed by atoms with E-state index in [9.17, 15) is 14.7 Å². The van der Waals surface area contributed by atoms with Crippen LogP contribution in [0, 0.1) is 5.41 Å². The number of piperidine rings is 1. The van der Waals surface area contributed by atoms with Crippen LogP contribution in [0.15, 0.2) is 18.3 Å². The molecule has 23 heavy (non-hydrogen) atoms. The summed E-state index contributed by atoms with van der Waals surface area (Å²) in [5.41, 5.74) is -0.257. The number of anilines is 1. The molecule has 0 bridgehead atoms. The van der Waals surface area contributed by atoms with E-state index in [1.807, 2.05) is 0 Å². The molecule has 1 aromatic heterocycles. The van der Waals surface area contributed by atoms with Crippen LogP contribution in [-0.2, 0) is 4.79 Å². The highest BCUT2D eigenvalue weighted by atomic mass is 16.4. The van der Waals surface area contributed by atoms with Gasteiger partial charge in [-0.15, -0.1) is 0 Å². The van der Waals surface area contributed by atoms with E-state index in [1.54, 1.807) is 30.2 Å². The molecule has 1 amide bonds. The monoisotopic (exact) mass is 317 g/mol. The number of amides is 1. The SMILES string of the molecule is CC1(C(=O)O)CCN(C(=O)c2cccnc2N2CCCCC2)C1. The summed E-state index contributed by atoms with van der Waals surface area (Å²) in [6.07, 6.45) is 5.66. The minimum atomic E-state index is -0.844. The molecule has 2 saturated heterocycles. The van der Waals surface area contributed by atoms with Gasteiger partial charge in [-0.3, -0.25) is 9.59 Å². The first-order valence-electron chi connectivity index (χ1n) is 8.24. The van der Waals surface area contributed by atoms with Gasteiger partial charge in [0.1, 0.15) is 5.82 Å². The van der Waals surface area contributed by atoms with Crippen molar-refractivity contribution in [1.29, 1.82) is 0 Å². The molecule has 3 rings (SSSR count). The van der Waals surface area contributed by atoms with E-state index in [-0.39, 0.29) is 12.5 Å². The molecule has 3 heterocycles. The van der Waals surface area contributed by atoms with E-state index in [4.69, 9.17) is 0 Å². The Morgan fingerprint density at radius 1 is 1.22 bits per heavy atom. The Bertz CT molecular complexity index is 613. The number of hydrogen-bond acceptors (Lipinski definition) is 4. The van der Waals surface area contributed by atoms with Crippen LogP contribution >= 0.6 is 0 Å². The molecule has 0 saturated carbocycles. The van der Waals surface area contributed by atoms with Crippen molar-refractivity contribution in [1.82, 2.24) is 9.88 Å². The molecule has 0 radical (unpaired) electrons. The van der Waals surface area contributed by atoms with Gasteiger partial charge < -0.3 is 14.9 Å². The highest BCUT2D eigenvalue weighted by Gasteiger charge is 2.42. The third-order valence-corrected chi connectivity index (χ3v) is 4.95. The Balaban J connectivity index is 1.82. The van der Waals surface area contributed by atoms with Gasteiger partial charge in [0, 0.05) is 32.4 Å². The fraction of sp³-hybridized carbons (Fsp3) is 0.588. The molecule has 0 aromatic carbocycles. The van der Waals surface area contributed by atoms with Crippen LogP contribution in [0.4, 0.5) is 5.82 Å². The van der Waals surface area contributed by atoms with Crippen LogP contribution in [0.3, 0.4) is 0 Å². The van der Waals surface area contributed by atoms with E-state index in [2.05, 4.69) is 9.88 Å². The highest BCUT2D eigenvalue weighted by molar-refractivity contribution is 5.99. The van der Waals surface area contributed by atoms with Crippen LogP contribution in [0.5, 0.6) is 0 Å². The van der Waals surface area contributed by atoms with E-state index >= 15 is 0 Å². The van der Waals surface area contributed by atoms with E-state index < -0.39 is 11.4 Å². The molecule has 6 heteroatoms. The number of rotatable bonds is 3. The third kappa shape index (κ3) is 3.02. The summed E-state index contributed by atoms with van der Waals surface area (Å²) < 4.78 is 0. The second-order valence-corrected chi connectivity index (χ2v) is 6.76. The second-order valence-electron chi connectivity index (χ2n) is 6.76. The Morgan fingerprint density at radius 3 is 2.61 bits per heavy atom. The molecule has 6 nitrogen and oxygen atoms in total. The summed E-state index contributed by atoms with van der Waals surface area (Å²) in [6, 6.07) is 3.57. The Labute approximate surface area is 136 Å². The zero-order valence-electron chi connectivity index (χ0n) is 13.5. The number of aliphatic carboxylic acids is 1. The molecule has 2 aliphatic rings. The topological polar surface area (TPSA) is 73.7 Å². The predicted octanol–water partition coefficient (Wildman–Crippen LogP) is 2.01. The fourth-order valence-electron chi connectivity index (χ4n) is 3.40. The second kappa shape index (κ2) is 6.18. The van der Waals surface area contributed by atoms with Gasteiger partial charge in [0.2, 0.25) is 0 Å². The van der Waals surface area contributed by atoms with Gasteiger partial charge >= 0.3 is 5.97 Å². The van der Waals surface area contributed by atoms with Gasteiger partial charge in [-0.25, -0.2) is 4.98 Å². The standard InChI is InChI=1S/C17H23N3O3/c1-17(16(22)23)7-11-20(12-17)15(21)13-6-5-8-18-14(13)19-9-3-2-4-10-19/h5-6,8H,2-4,7,9-12H2,1H3,(H,22,23). The number of carbonyl (C=O) groups is 2. The van der Waals surface area contributed by atoms with Crippen molar-refractivity contribution >= 4 is 17.7 Å². The first-order chi connectivity index (χ1) is 11.0. The van der Waals surface area contributed by atoms with Crippen molar-refractivity contribution in [2.75, 3.05) is 31.1 Å². The first kappa shape index (κ1) is 15.8. The molecule has 2 fully saturated rings. The van der Waals surface area contributed by atoms with Crippen LogP contribution in [-0.4, -0.2) is 53.0 Å². The van der Waals surface area contributed by atoms with Crippen molar-refractivity contribution in [3.05, 3.63) is 23.9 Å². The van der Waals surface area contributed by atoms with Gasteiger partial charge in [0.15, 0.2) is 0 Å².